The minimum absolute atomic E-state index is 0.0509. The number of amides is 1. The van der Waals surface area contributed by atoms with Crippen molar-refractivity contribution in [3.63, 3.8) is 0 Å². The first-order valence-electron chi connectivity index (χ1n) is 9.97. The average Bonchev–Trinajstić information content (AvgIpc) is 3.18. The van der Waals surface area contributed by atoms with Crippen LogP contribution in [0.4, 0.5) is 13.2 Å². The van der Waals surface area contributed by atoms with Crippen molar-refractivity contribution in [2.75, 3.05) is 0 Å². The molecule has 0 aliphatic heterocycles. The van der Waals surface area contributed by atoms with Gasteiger partial charge in [-0.1, -0.05) is 63.1 Å². The molecule has 1 amide bonds. The summed E-state index contributed by atoms with van der Waals surface area (Å²) in [6, 6.07) is 12.5. The van der Waals surface area contributed by atoms with Gasteiger partial charge in [-0.3, -0.25) is 4.79 Å². The molecular weight excluding hydrogens is 375 g/mol. The van der Waals surface area contributed by atoms with E-state index in [1.807, 2.05) is 26.0 Å². The molecule has 1 fully saturated rings. The maximum Gasteiger partial charge on any atom is 0.417 e. The smallest absolute Gasteiger partial charge is 0.350 e. The van der Waals surface area contributed by atoms with Crippen LogP contribution >= 0.6 is 0 Å². The third-order valence-electron chi connectivity index (χ3n) is 5.28. The molecule has 2 nitrogen and oxygen atoms in total. The van der Waals surface area contributed by atoms with Crippen LogP contribution in [0.2, 0.25) is 0 Å². The third kappa shape index (κ3) is 5.08. The zero-order chi connectivity index (χ0) is 21.0. The highest BCUT2D eigenvalue weighted by Crippen LogP contribution is 2.41. The van der Waals surface area contributed by atoms with E-state index in [0.717, 1.165) is 31.2 Å². The van der Waals surface area contributed by atoms with Crippen LogP contribution in [0, 0.1) is 6.07 Å². The van der Waals surface area contributed by atoms with E-state index in [1.54, 1.807) is 18.2 Å². The molecule has 1 saturated carbocycles. The van der Waals surface area contributed by atoms with Gasteiger partial charge in [-0.25, -0.2) is 0 Å². The van der Waals surface area contributed by atoms with E-state index in [0.29, 0.717) is 11.1 Å². The third-order valence-corrected chi connectivity index (χ3v) is 5.28. The van der Waals surface area contributed by atoms with Crippen LogP contribution in [0.25, 0.3) is 17.2 Å². The van der Waals surface area contributed by atoms with Crippen molar-refractivity contribution in [1.82, 2.24) is 5.32 Å². The number of halogens is 3. The molecule has 0 bridgehead atoms. The van der Waals surface area contributed by atoms with E-state index in [-0.39, 0.29) is 23.4 Å². The van der Waals surface area contributed by atoms with Crippen LogP contribution in [0.15, 0.2) is 42.5 Å². The standard InChI is InChI=1S/C24H25F3NO/c1-16(2)19-11-5-6-12-20(19)23-17(8-7-13-21(23)24(25,26)27)14-15-22(29)28-18-9-3-4-10-18/h5-8,11-12,14-16,18H,3-4,9-10H2,1-2H3,(H,28,29)/b15-14+. The van der Waals surface area contributed by atoms with E-state index >= 15 is 0 Å². The van der Waals surface area contributed by atoms with Gasteiger partial charge >= 0.3 is 6.18 Å². The highest BCUT2D eigenvalue weighted by atomic mass is 19.4. The Kier molecular flexibility index (Phi) is 6.46. The summed E-state index contributed by atoms with van der Waals surface area (Å²) < 4.78 is 41.3. The molecule has 3 rings (SSSR count). The summed E-state index contributed by atoms with van der Waals surface area (Å²) in [5.41, 5.74) is 0.939. The zero-order valence-corrected chi connectivity index (χ0v) is 16.6. The minimum atomic E-state index is -4.55. The van der Waals surface area contributed by atoms with Gasteiger partial charge in [0.05, 0.1) is 5.56 Å². The van der Waals surface area contributed by atoms with E-state index in [9.17, 15) is 18.0 Å². The van der Waals surface area contributed by atoms with Crippen molar-refractivity contribution in [2.24, 2.45) is 0 Å². The quantitative estimate of drug-likeness (QED) is 0.581. The lowest BCUT2D eigenvalue weighted by Gasteiger charge is -2.19. The Hall–Kier alpha value is -2.56. The first-order chi connectivity index (χ1) is 13.8. The maximum absolute atomic E-state index is 13.8. The molecule has 1 aliphatic rings. The predicted molar refractivity (Wildman–Crippen MR) is 109 cm³/mol. The van der Waals surface area contributed by atoms with Crippen molar-refractivity contribution in [2.45, 2.75) is 57.7 Å². The number of carbonyl (C=O) groups excluding carboxylic acids is 1. The number of alkyl halides is 3. The number of carbonyl (C=O) groups is 1. The highest BCUT2D eigenvalue weighted by Gasteiger charge is 2.35. The summed E-state index contributed by atoms with van der Waals surface area (Å²) in [5, 5.41) is 2.93. The number of nitrogens with one attached hydrogen (secondary N) is 1. The first kappa shape index (κ1) is 21.2. The van der Waals surface area contributed by atoms with Gasteiger partial charge in [0.1, 0.15) is 0 Å². The summed E-state index contributed by atoms with van der Waals surface area (Å²) in [4.78, 5) is 12.2. The Morgan fingerprint density at radius 3 is 2.52 bits per heavy atom. The minimum Gasteiger partial charge on any atom is -0.350 e. The molecule has 0 unspecified atom stereocenters. The molecule has 0 aromatic heterocycles. The molecule has 0 saturated heterocycles. The second kappa shape index (κ2) is 8.85. The Bertz CT molecular complexity index is 893. The van der Waals surface area contributed by atoms with E-state index in [1.165, 1.54) is 18.2 Å². The van der Waals surface area contributed by atoms with Crippen molar-refractivity contribution in [1.29, 1.82) is 0 Å². The normalized spacial score (nSPS) is 15.4. The van der Waals surface area contributed by atoms with Crippen LogP contribution in [0.1, 0.15) is 62.1 Å². The van der Waals surface area contributed by atoms with Gasteiger partial charge in [0.2, 0.25) is 5.91 Å². The van der Waals surface area contributed by atoms with Crippen molar-refractivity contribution < 1.29 is 18.0 Å². The molecule has 153 valence electrons. The second-order valence-corrected chi connectivity index (χ2v) is 7.75. The van der Waals surface area contributed by atoms with Crippen LogP contribution in [-0.4, -0.2) is 11.9 Å². The van der Waals surface area contributed by atoms with E-state index in [4.69, 9.17) is 0 Å². The van der Waals surface area contributed by atoms with Crippen LogP contribution < -0.4 is 5.32 Å². The largest absolute Gasteiger partial charge is 0.417 e. The van der Waals surface area contributed by atoms with Crippen LogP contribution in [-0.2, 0) is 11.0 Å². The molecule has 1 radical (unpaired) electrons. The zero-order valence-electron chi connectivity index (χ0n) is 16.6. The van der Waals surface area contributed by atoms with Gasteiger partial charge < -0.3 is 5.32 Å². The fourth-order valence-electron chi connectivity index (χ4n) is 3.88. The summed E-state index contributed by atoms with van der Waals surface area (Å²) in [7, 11) is 0. The SMILES string of the molecule is CC(C)c1ccccc1-c1c(C(F)(F)F)[c]ccc1/C=C/C(=O)NC1CCCC1. The summed E-state index contributed by atoms with van der Waals surface area (Å²) in [6.07, 6.45) is 2.34. The van der Waals surface area contributed by atoms with Crippen molar-refractivity contribution >= 4 is 12.0 Å². The molecule has 29 heavy (non-hydrogen) atoms. The topological polar surface area (TPSA) is 29.1 Å². The predicted octanol–water partition coefficient (Wildman–Crippen LogP) is 6.37. The van der Waals surface area contributed by atoms with Gasteiger partial charge in [-0.15, -0.1) is 0 Å². The molecule has 1 aliphatic carbocycles. The lowest BCUT2D eigenvalue weighted by molar-refractivity contribution is -0.137. The van der Waals surface area contributed by atoms with E-state index < -0.39 is 11.7 Å². The summed E-state index contributed by atoms with van der Waals surface area (Å²) in [5.74, 6) is -0.226. The van der Waals surface area contributed by atoms with Gasteiger partial charge in [-0.2, -0.15) is 13.2 Å². The fourth-order valence-corrected chi connectivity index (χ4v) is 3.88. The summed E-state index contributed by atoms with van der Waals surface area (Å²) in [6.45, 7) is 3.90. The number of rotatable bonds is 5. The van der Waals surface area contributed by atoms with Gasteiger partial charge in [0, 0.05) is 17.7 Å². The molecule has 0 heterocycles. The molecule has 2 aromatic rings. The number of hydrogen-bond donors (Lipinski definition) is 1. The average molecular weight is 400 g/mol. The molecule has 0 atom stereocenters. The highest BCUT2D eigenvalue weighted by molar-refractivity contribution is 5.94. The van der Waals surface area contributed by atoms with Gasteiger partial charge in [-0.05, 0) is 47.6 Å². The summed E-state index contributed by atoms with van der Waals surface area (Å²) >= 11 is 0. The Labute approximate surface area is 169 Å². The Morgan fingerprint density at radius 1 is 1.17 bits per heavy atom. The molecule has 1 N–H and O–H groups in total. The molecule has 2 aromatic carbocycles. The molecular formula is C24H25F3NO. The lowest BCUT2D eigenvalue weighted by Crippen LogP contribution is -2.30. The van der Waals surface area contributed by atoms with Crippen molar-refractivity contribution in [3.05, 3.63) is 65.2 Å². The Morgan fingerprint density at radius 2 is 1.86 bits per heavy atom. The fraction of sp³-hybridized carbons (Fsp3) is 0.375. The van der Waals surface area contributed by atoms with Crippen molar-refractivity contribution in [3.8, 4) is 11.1 Å². The van der Waals surface area contributed by atoms with Crippen LogP contribution in [0.5, 0.6) is 0 Å². The monoisotopic (exact) mass is 400 g/mol. The van der Waals surface area contributed by atoms with Gasteiger partial charge in [0.15, 0.2) is 0 Å². The lowest BCUT2D eigenvalue weighted by atomic mass is 9.87. The van der Waals surface area contributed by atoms with Gasteiger partial charge in [0.25, 0.3) is 0 Å². The molecule has 5 heteroatoms. The first-order valence-corrected chi connectivity index (χ1v) is 9.97. The second-order valence-electron chi connectivity index (χ2n) is 7.75. The van der Waals surface area contributed by atoms with E-state index in [2.05, 4.69) is 11.4 Å². The Balaban J connectivity index is 2.04. The molecule has 0 spiro atoms. The number of hydrogen-bond acceptors (Lipinski definition) is 1. The maximum atomic E-state index is 13.8. The number of benzene rings is 2. The van der Waals surface area contributed by atoms with Crippen LogP contribution in [0.3, 0.4) is 0 Å².